The Morgan fingerprint density at radius 1 is 0.684 bits per heavy atom. The van der Waals surface area contributed by atoms with Crippen LogP contribution in [-0.4, -0.2) is 50.6 Å². The predicted molar refractivity (Wildman–Crippen MR) is 228 cm³/mol. The fourth-order valence-corrected chi connectivity index (χ4v) is 10.1. The molecule has 0 spiro atoms. The van der Waals surface area contributed by atoms with Gasteiger partial charge in [-0.2, -0.15) is 0 Å². The Bertz CT molecular complexity index is 2290. The summed E-state index contributed by atoms with van der Waals surface area (Å²) in [7, 11) is 0. The van der Waals surface area contributed by atoms with Gasteiger partial charge in [-0.15, -0.1) is 22.7 Å². The first-order valence-electron chi connectivity index (χ1n) is 20.1. The van der Waals surface area contributed by atoms with E-state index in [4.69, 9.17) is 9.97 Å². The number of carbonyl (C=O) groups excluding carboxylic acids is 3. The third kappa shape index (κ3) is 8.77. The number of nitrogens with one attached hydrogen (secondary N) is 1. The molecule has 290 valence electrons. The highest BCUT2D eigenvalue weighted by Crippen LogP contribution is 2.40. The number of carbonyl (C=O) groups is 3. The summed E-state index contributed by atoms with van der Waals surface area (Å²) in [6, 6.07) is 35.9. The number of benzene rings is 4. The minimum absolute atomic E-state index is 0.0355. The van der Waals surface area contributed by atoms with E-state index in [1.54, 1.807) is 22.7 Å². The summed E-state index contributed by atoms with van der Waals surface area (Å²) in [5, 5.41) is 4.96. The van der Waals surface area contributed by atoms with Crippen LogP contribution < -0.4 is 5.32 Å². The summed E-state index contributed by atoms with van der Waals surface area (Å²) < 4.78 is 0. The zero-order chi connectivity index (χ0) is 39.1. The maximum atomic E-state index is 14.1. The maximum Gasteiger partial charge on any atom is 0.250 e. The normalized spacial score (nSPS) is 17.1. The topological polar surface area (TPSA) is 95.5 Å². The van der Waals surface area contributed by atoms with Crippen molar-refractivity contribution >= 4 is 40.4 Å². The largest absolute Gasteiger partial charge is 0.341 e. The molecule has 2 aromatic heterocycles. The second kappa shape index (κ2) is 17.8. The molecule has 2 fully saturated rings. The van der Waals surface area contributed by atoms with Crippen molar-refractivity contribution < 1.29 is 14.4 Å². The van der Waals surface area contributed by atoms with E-state index in [1.807, 2.05) is 82.9 Å². The molecule has 0 radical (unpaired) electrons. The number of unbranched alkanes of at least 4 members (excludes halogenated alkanes) is 1. The molecule has 4 aromatic carbocycles. The average Bonchev–Trinajstić information content (AvgIpc) is 4.10. The SMILES string of the molecule is CCCCC(=O)N[C@@H](C(=O)N1CCC[C@H]1c1ncc(-c2ccc(-c3ccc(-c4cnc(C5CCCN5C(=O)Cc5ccccc5)s4)cc3)cc2)s1)c1ccccc1. The van der Waals surface area contributed by atoms with Crippen molar-refractivity contribution in [2.45, 2.75) is 76.4 Å². The van der Waals surface area contributed by atoms with Gasteiger partial charge in [0.05, 0.1) is 28.3 Å². The molecule has 0 saturated carbocycles. The second-order valence-corrected chi connectivity index (χ2v) is 17.0. The highest BCUT2D eigenvalue weighted by Gasteiger charge is 2.37. The fourth-order valence-electron chi connectivity index (χ4n) is 7.95. The summed E-state index contributed by atoms with van der Waals surface area (Å²) in [5.74, 6) is -0.0136. The molecule has 4 heterocycles. The van der Waals surface area contributed by atoms with E-state index in [-0.39, 0.29) is 29.8 Å². The standard InChI is InChI=1S/C47H47N5O3S2/c1-2-3-18-42(53)50-44(37-14-8-5-9-15-37)47(55)52-28-11-17-39(52)46-49-31-41(57-46)36-25-21-34(22-26-36)33-19-23-35(24-20-33)40-30-48-45(56-40)38-16-10-27-51(38)43(54)29-32-12-6-4-7-13-32/h4-9,12-15,19-26,30-31,38-39,44H,2-3,10-11,16-18,27-29H2,1H3,(H,50,53)/t38?,39-,44+/m0/s1. The number of nitrogens with zero attached hydrogens (tertiary/aromatic N) is 4. The summed E-state index contributed by atoms with van der Waals surface area (Å²) in [4.78, 5) is 55.9. The highest BCUT2D eigenvalue weighted by atomic mass is 32.1. The van der Waals surface area contributed by atoms with Crippen molar-refractivity contribution in [2.24, 2.45) is 0 Å². The van der Waals surface area contributed by atoms with Crippen molar-refractivity contribution in [3.63, 3.8) is 0 Å². The monoisotopic (exact) mass is 793 g/mol. The van der Waals surface area contributed by atoms with Crippen LogP contribution in [-0.2, 0) is 20.8 Å². The van der Waals surface area contributed by atoms with Crippen LogP contribution in [0.3, 0.4) is 0 Å². The van der Waals surface area contributed by atoms with Gasteiger partial charge >= 0.3 is 0 Å². The van der Waals surface area contributed by atoms with Gasteiger partial charge in [0.15, 0.2) is 0 Å². The first-order chi connectivity index (χ1) is 27.9. The molecule has 2 aliphatic rings. The Labute approximate surface area is 342 Å². The van der Waals surface area contributed by atoms with Crippen LogP contribution in [0.2, 0.25) is 0 Å². The molecule has 1 N–H and O–H groups in total. The van der Waals surface area contributed by atoms with E-state index >= 15 is 0 Å². The van der Waals surface area contributed by atoms with E-state index in [1.165, 1.54) is 0 Å². The molecule has 2 saturated heterocycles. The summed E-state index contributed by atoms with van der Waals surface area (Å²) in [6.45, 7) is 3.47. The zero-order valence-corrected chi connectivity index (χ0v) is 33.8. The number of rotatable bonds is 13. The molecule has 10 heteroatoms. The molecule has 8 nitrogen and oxygen atoms in total. The number of likely N-dealkylation sites (tertiary alicyclic amines) is 2. The van der Waals surface area contributed by atoms with Crippen LogP contribution in [0.5, 0.6) is 0 Å². The first kappa shape index (κ1) is 38.4. The van der Waals surface area contributed by atoms with Crippen molar-refractivity contribution in [2.75, 3.05) is 13.1 Å². The van der Waals surface area contributed by atoms with E-state index in [9.17, 15) is 14.4 Å². The van der Waals surface area contributed by atoms with Gasteiger partial charge in [0.25, 0.3) is 0 Å². The molecular weight excluding hydrogens is 747 g/mol. The molecule has 57 heavy (non-hydrogen) atoms. The lowest BCUT2D eigenvalue weighted by atomic mass is 10.0. The lowest BCUT2D eigenvalue weighted by Crippen LogP contribution is -2.42. The third-order valence-corrected chi connectivity index (χ3v) is 13.3. The van der Waals surface area contributed by atoms with E-state index in [0.29, 0.717) is 19.4 Å². The molecule has 0 aliphatic carbocycles. The average molecular weight is 794 g/mol. The molecule has 8 rings (SSSR count). The smallest absolute Gasteiger partial charge is 0.250 e. The van der Waals surface area contributed by atoms with Crippen molar-refractivity contribution in [3.8, 4) is 32.0 Å². The predicted octanol–water partition coefficient (Wildman–Crippen LogP) is 10.2. The van der Waals surface area contributed by atoms with Crippen molar-refractivity contribution in [1.29, 1.82) is 0 Å². The minimum atomic E-state index is -0.721. The zero-order valence-electron chi connectivity index (χ0n) is 32.2. The van der Waals surface area contributed by atoms with Gasteiger partial charge in [-0.1, -0.05) is 123 Å². The Morgan fingerprint density at radius 3 is 1.75 bits per heavy atom. The van der Waals surface area contributed by atoms with E-state index in [2.05, 4.69) is 60.8 Å². The first-order valence-corrected chi connectivity index (χ1v) is 21.7. The molecule has 3 atom stereocenters. The molecule has 0 bridgehead atoms. The lowest BCUT2D eigenvalue weighted by molar-refractivity contribution is -0.137. The Balaban J connectivity index is 0.916. The van der Waals surface area contributed by atoms with Crippen LogP contribution >= 0.6 is 22.7 Å². The van der Waals surface area contributed by atoms with Gasteiger partial charge in [-0.05, 0) is 65.5 Å². The summed E-state index contributed by atoms with van der Waals surface area (Å²) in [5.41, 5.74) is 6.29. The van der Waals surface area contributed by atoms with Crippen LogP contribution in [0.1, 0.15) is 91.1 Å². The molecular formula is C47H47N5O3S2. The maximum absolute atomic E-state index is 14.1. The van der Waals surface area contributed by atoms with Gasteiger partial charge < -0.3 is 15.1 Å². The summed E-state index contributed by atoms with van der Waals surface area (Å²) in [6.07, 6.45) is 10.1. The number of amides is 3. The fraction of sp³-hybridized carbons (Fsp3) is 0.298. The number of hydrogen-bond donors (Lipinski definition) is 1. The van der Waals surface area contributed by atoms with Gasteiger partial charge in [-0.3, -0.25) is 14.4 Å². The van der Waals surface area contributed by atoms with Gasteiger partial charge in [0, 0.05) is 31.9 Å². The third-order valence-electron chi connectivity index (χ3n) is 11.0. The van der Waals surface area contributed by atoms with Crippen molar-refractivity contribution in [3.05, 3.63) is 143 Å². The molecule has 6 aromatic rings. The Hall–Kier alpha value is -5.45. The van der Waals surface area contributed by atoms with Gasteiger partial charge in [0.1, 0.15) is 16.1 Å². The quantitative estimate of drug-likeness (QED) is 0.126. The van der Waals surface area contributed by atoms with Gasteiger partial charge in [-0.25, -0.2) is 9.97 Å². The lowest BCUT2D eigenvalue weighted by Gasteiger charge is -2.28. The molecule has 3 amide bonds. The minimum Gasteiger partial charge on any atom is -0.341 e. The molecule has 1 unspecified atom stereocenters. The number of thiazole rings is 2. The van der Waals surface area contributed by atoms with Gasteiger partial charge in [0.2, 0.25) is 17.7 Å². The Morgan fingerprint density at radius 2 is 1.19 bits per heavy atom. The molecule has 2 aliphatic heterocycles. The second-order valence-electron chi connectivity index (χ2n) is 14.9. The van der Waals surface area contributed by atoms with E-state index in [0.717, 1.165) is 98.2 Å². The van der Waals surface area contributed by atoms with Crippen LogP contribution in [0.4, 0.5) is 0 Å². The van der Waals surface area contributed by atoms with E-state index < -0.39 is 6.04 Å². The summed E-state index contributed by atoms with van der Waals surface area (Å²) >= 11 is 3.31. The Kier molecular flexibility index (Phi) is 12.0. The van der Waals surface area contributed by atoms with Crippen LogP contribution in [0.25, 0.3) is 32.0 Å². The van der Waals surface area contributed by atoms with Crippen LogP contribution in [0, 0.1) is 0 Å². The highest BCUT2D eigenvalue weighted by molar-refractivity contribution is 7.15. The van der Waals surface area contributed by atoms with Crippen LogP contribution in [0.15, 0.2) is 122 Å². The number of hydrogen-bond acceptors (Lipinski definition) is 7. The number of aromatic nitrogens is 2. The van der Waals surface area contributed by atoms with Crippen molar-refractivity contribution in [1.82, 2.24) is 25.1 Å².